The van der Waals surface area contributed by atoms with Crippen molar-refractivity contribution < 1.29 is 27.8 Å². The second kappa shape index (κ2) is 14.1. The van der Waals surface area contributed by atoms with Gasteiger partial charge in [-0.3, -0.25) is 0 Å². The first-order chi connectivity index (χ1) is 19.8. The summed E-state index contributed by atoms with van der Waals surface area (Å²) in [5.74, 6) is 0.628. The maximum Gasteiger partial charge on any atom is 0.410 e. The number of carbonyl (C=O) groups is 2. The van der Waals surface area contributed by atoms with Crippen molar-refractivity contribution in [1.29, 1.82) is 0 Å². The van der Waals surface area contributed by atoms with Crippen molar-refractivity contribution in [3.8, 4) is 22.8 Å². The molecule has 42 heavy (non-hydrogen) atoms. The molecule has 2 aromatic carbocycles. The van der Waals surface area contributed by atoms with Gasteiger partial charge in [0.25, 0.3) is 0 Å². The van der Waals surface area contributed by atoms with E-state index in [0.29, 0.717) is 22.8 Å². The third kappa shape index (κ3) is 10.0. The van der Waals surface area contributed by atoms with Gasteiger partial charge in [-0.05, 0) is 52.7 Å². The van der Waals surface area contributed by atoms with Crippen LogP contribution in [0.2, 0.25) is 0 Å². The fraction of sp³-hybridized carbons (Fsp3) is 0.467. The zero-order valence-corrected chi connectivity index (χ0v) is 24.9. The zero-order chi connectivity index (χ0) is 30.9. The Morgan fingerprint density at radius 3 is 1.19 bits per heavy atom. The average molecular weight is 585 g/mol. The van der Waals surface area contributed by atoms with Gasteiger partial charge < -0.3 is 19.3 Å². The molecule has 226 valence electrons. The van der Waals surface area contributed by atoms with Crippen molar-refractivity contribution in [3.63, 3.8) is 0 Å². The van der Waals surface area contributed by atoms with Crippen LogP contribution in [0.3, 0.4) is 0 Å². The summed E-state index contributed by atoms with van der Waals surface area (Å²) >= 11 is 0. The van der Waals surface area contributed by atoms with E-state index >= 15 is 0 Å². The van der Waals surface area contributed by atoms with Crippen LogP contribution >= 0.6 is 0 Å². The van der Waals surface area contributed by atoms with E-state index in [1.165, 1.54) is 9.80 Å². The Bertz CT molecular complexity index is 1210. The van der Waals surface area contributed by atoms with Crippen molar-refractivity contribution in [2.45, 2.75) is 65.8 Å². The quantitative estimate of drug-likeness (QED) is 0.285. The number of hydrogen-bond acceptors (Lipinski definition) is 8. The molecular formula is C30H38F2N6O4. The van der Waals surface area contributed by atoms with Crippen LogP contribution in [0.15, 0.2) is 48.5 Å². The summed E-state index contributed by atoms with van der Waals surface area (Å²) in [4.78, 5) is 27.5. The van der Waals surface area contributed by atoms with Gasteiger partial charge >= 0.3 is 12.2 Å². The van der Waals surface area contributed by atoms with Crippen LogP contribution in [-0.2, 0) is 22.6 Å². The second-order valence-corrected chi connectivity index (χ2v) is 11.6. The Labute approximate surface area is 245 Å². The monoisotopic (exact) mass is 584 g/mol. The lowest BCUT2D eigenvalue weighted by molar-refractivity contribution is 0.0213. The number of amides is 2. The zero-order valence-electron chi connectivity index (χ0n) is 24.9. The Kier molecular flexibility index (Phi) is 10.8. The number of ether oxygens (including phenoxy) is 2. The number of benzene rings is 2. The van der Waals surface area contributed by atoms with Gasteiger partial charge in [0.15, 0.2) is 0 Å². The van der Waals surface area contributed by atoms with Crippen LogP contribution < -0.4 is 0 Å². The molecule has 0 radical (unpaired) electrons. The van der Waals surface area contributed by atoms with Gasteiger partial charge in [-0.15, -0.1) is 20.4 Å². The fourth-order valence-corrected chi connectivity index (χ4v) is 3.75. The molecule has 0 spiro atoms. The van der Waals surface area contributed by atoms with Gasteiger partial charge in [-0.25, -0.2) is 18.4 Å². The molecule has 10 nitrogen and oxygen atoms in total. The smallest absolute Gasteiger partial charge is 0.410 e. The van der Waals surface area contributed by atoms with Crippen LogP contribution in [0.1, 0.15) is 52.7 Å². The van der Waals surface area contributed by atoms with E-state index in [1.807, 2.05) is 0 Å². The molecule has 0 aliphatic rings. The molecule has 0 bridgehead atoms. The molecule has 0 unspecified atom stereocenters. The molecule has 0 aliphatic carbocycles. The SMILES string of the molecule is CC(C)(C)OC(=O)N(CCF)Cc1ccc(-c2nnc(-c3ccc(CN(CCF)C(=O)OC(C)(C)C)cc3)nn2)cc1. The predicted molar refractivity (Wildman–Crippen MR) is 154 cm³/mol. The first kappa shape index (κ1) is 32.3. The highest BCUT2D eigenvalue weighted by molar-refractivity contribution is 5.69. The van der Waals surface area contributed by atoms with Gasteiger partial charge in [0.1, 0.15) is 24.6 Å². The van der Waals surface area contributed by atoms with Crippen LogP contribution in [0, 0.1) is 0 Å². The first-order valence-electron chi connectivity index (χ1n) is 13.6. The van der Waals surface area contributed by atoms with E-state index in [-0.39, 0.29) is 26.2 Å². The van der Waals surface area contributed by atoms with Crippen molar-refractivity contribution in [3.05, 3.63) is 59.7 Å². The first-order valence-corrected chi connectivity index (χ1v) is 13.6. The van der Waals surface area contributed by atoms with Crippen LogP contribution in [-0.4, -0.2) is 80.0 Å². The molecule has 0 saturated heterocycles. The Morgan fingerprint density at radius 1 is 0.619 bits per heavy atom. The predicted octanol–water partition coefficient (Wildman–Crippen LogP) is 6.01. The minimum atomic E-state index is -0.680. The minimum absolute atomic E-state index is 0.0737. The average Bonchev–Trinajstić information content (AvgIpc) is 2.92. The summed E-state index contributed by atoms with van der Waals surface area (Å²) < 4.78 is 36.8. The summed E-state index contributed by atoms with van der Waals surface area (Å²) in [6.07, 6.45) is -1.16. The number of rotatable bonds is 10. The van der Waals surface area contributed by atoms with Crippen LogP contribution in [0.25, 0.3) is 22.8 Å². The van der Waals surface area contributed by atoms with Crippen LogP contribution in [0.5, 0.6) is 0 Å². The highest BCUT2D eigenvalue weighted by Crippen LogP contribution is 2.20. The molecule has 0 fully saturated rings. The molecule has 0 saturated carbocycles. The van der Waals surface area contributed by atoms with Gasteiger partial charge in [0.05, 0.1) is 13.1 Å². The van der Waals surface area contributed by atoms with E-state index in [1.54, 1.807) is 90.1 Å². The Hall–Kier alpha value is -4.22. The van der Waals surface area contributed by atoms with Gasteiger partial charge in [-0.2, -0.15) is 0 Å². The number of halogens is 2. The molecule has 0 N–H and O–H groups in total. The third-order valence-electron chi connectivity index (χ3n) is 5.66. The standard InChI is InChI=1S/C30H38F2N6O4/c1-29(2,3)41-27(39)37(17-15-31)19-21-7-11-23(12-8-21)25-33-35-26(36-34-25)24-13-9-22(10-14-24)20-38(18-16-32)28(40)42-30(4,5)6/h7-14H,15-20H2,1-6H3. The van der Waals surface area contributed by atoms with Gasteiger partial charge in [0.2, 0.25) is 11.6 Å². The van der Waals surface area contributed by atoms with Crippen molar-refractivity contribution in [2.24, 2.45) is 0 Å². The van der Waals surface area contributed by atoms with Crippen molar-refractivity contribution >= 4 is 12.2 Å². The summed E-state index contributed by atoms with van der Waals surface area (Å²) in [6, 6.07) is 14.3. The molecule has 3 rings (SSSR count). The number of nitrogens with zero attached hydrogens (tertiary/aromatic N) is 6. The molecule has 2 amide bonds. The molecule has 12 heteroatoms. The summed E-state index contributed by atoms with van der Waals surface area (Å²) in [7, 11) is 0. The van der Waals surface area contributed by atoms with Crippen molar-refractivity contribution in [2.75, 3.05) is 26.4 Å². The largest absolute Gasteiger partial charge is 0.444 e. The molecule has 0 atom stereocenters. The molecule has 1 heterocycles. The summed E-state index contributed by atoms with van der Waals surface area (Å²) in [5.41, 5.74) is 1.55. The van der Waals surface area contributed by atoms with E-state index in [2.05, 4.69) is 20.4 Å². The van der Waals surface area contributed by atoms with Gasteiger partial charge in [0, 0.05) is 24.2 Å². The van der Waals surface area contributed by atoms with Gasteiger partial charge in [-0.1, -0.05) is 48.5 Å². The molecule has 0 aliphatic heterocycles. The lowest BCUT2D eigenvalue weighted by Gasteiger charge is -2.26. The second-order valence-electron chi connectivity index (χ2n) is 11.6. The topological polar surface area (TPSA) is 111 Å². The Morgan fingerprint density at radius 2 is 0.929 bits per heavy atom. The highest BCUT2D eigenvalue weighted by Gasteiger charge is 2.23. The third-order valence-corrected chi connectivity index (χ3v) is 5.66. The fourth-order valence-electron chi connectivity index (χ4n) is 3.75. The van der Waals surface area contributed by atoms with Crippen molar-refractivity contribution in [1.82, 2.24) is 30.2 Å². The lowest BCUT2D eigenvalue weighted by Crippen LogP contribution is -2.37. The number of carbonyl (C=O) groups excluding carboxylic acids is 2. The molecular weight excluding hydrogens is 546 g/mol. The number of alkyl halides is 2. The minimum Gasteiger partial charge on any atom is -0.444 e. The molecule has 3 aromatic rings. The van der Waals surface area contributed by atoms with E-state index in [9.17, 15) is 18.4 Å². The lowest BCUT2D eigenvalue weighted by atomic mass is 10.1. The number of aromatic nitrogens is 4. The normalized spacial score (nSPS) is 11.6. The Balaban J connectivity index is 1.65. The van der Waals surface area contributed by atoms with E-state index in [4.69, 9.17) is 9.47 Å². The summed E-state index contributed by atoms with van der Waals surface area (Å²) in [5, 5.41) is 16.8. The summed E-state index contributed by atoms with van der Waals surface area (Å²) in [6.45, 7) is 9.42. The molecule has 1 aromatic heterocycles. The van der Waals surface area contributed by atoms with E-state index < -0.39 is 36.7 Å². The highest BCUT2D eigenvalue weighted by atomic mass is 19.1. The maximum absolute atomic E-state index is 13.0. The number of hydrogen-bond donors (Lipinski definition) is 0. The van der Waals surface area contributed by atoms with Crippen LogP contribution in [0.4, 0.5) is 18.4 Å². The van der Waals surface area contributed by atoms with E-state index in [0.717, 1.165) is 11.1 Å². The maximum atomic E-state index is 13.0.